The van der Waals surface area contributed by atoms with Crippen LogP contribution in [0, 0.1) is 0 Å². The number of carboxylic acid groups (broad SMARTS) is 1. The lowest BCUT2D eigenvalue weighted by molar-refractivity contribution is 0.0696. The normalized spacial score (nSPS) is 16.0. The molecule has 2 N–H and O–H groups in total. The van der Waals surface area contributed by atoms with E-state index in [9.17, 15) is 9.59 Å². The molecule has 7 nitrogen and oxygen atoms in total. The van der Waals surface area contributed by atoms with Crippen molar-refractivity contribution in [2.24, 2.45) is 0 Å². The molecule has 0 atom stereocenters. The third-order valence-electron chi connectivity index (χ3n) is 3.49. The van der Waals surface area contributed by atoms with Crippen molar-refractivity contribution in [2.75, 3.05) is 19.7 Å². The van der Waals surface area contributed by atoms with Crippen molar-refractivity contribution < 1.29 is 23.8 Å². The maximum atomic E-state index is 11.6. The van der Waals surface area contributed by atoms with E-state index in [1.807, 2.05) is 0 Å². The van der Waals surface area contributed by atoms with Crippen LogP contribution in [0.3, 0.4) is 0 Å². The fourth-order valence-electron chi connectivity index (χ4n) is 2.31. The van der Waals surface area contributed by atoms with Crippen molar-refractivity contribution >= 4 is 12.1 Å². The van der Waals surface area contributed by atoms with E-state index in [4.69, 9.17) is 14.3 Å². The van der Waals surface area contributed by atoms with Crippen LogP contribution in [0.15, 0.2) is 16.7 Å². The number of carbonyl (C=O) groups is 2. The predicted octanol–water partition coefficient (Wildman–Crippen LogP) is 1.69. The molecule has 0 radical (unpaired) electrons. The summed E-state index contributed by atoms with van der Waals surface area (Å²) in [7, 11) is 0. The number of furan rings is 1. The van der Waals surface area contributed by atoms with E-state index in [1.165, 1.54) is 12.3 Å². The molecule has 21 heavy (non-hydrogen) atoms. The highest BCUT2D eigenvalue weighted by atomic mass is 16.6. The topological polar surface area (TPSA) is 92.0 Å². The van der Waals surface area contributed by atoms with Gasteiger partial charge in [-0.1, -0.05) is 0 Å². The Balaban J connectivity index is 1.73. The van der Waals surface area contributed by atoms with Gasteiger partial charge in [-0.05, 0) is 25.8 Å². The Morgan fingerprint density at radius 3 is 2.76 bits per heavy atom. The fourth-order valence-corrected chi connectivity index (χ4v) is 2.31. The van der Waals surface area contributed by atoms with Gasteiger partial charge in [0.05, 0.1) is 18.7 Å². The van der Waals surface area contributed by atoms with Crippen LogP contribution in [0.2, 0.25) is 0 Å². The first-order valence-electron chi connectivity index (χ1n) is 7.06. The van der Waals surface area contributed by atoms with E-state index in [0.717, 1.165) is 12.8 Å². The minimum Gasteiger partial charge on any atom is -0.478 e. The lowest BCUT2D eigenvalue weighted by Crippen LogP contribution is -2.44. The van der Waals surface area contributed by atoms with Gasteiger partial charge in [0.1, 0.15) is 12.0 Å². The Kier molecular flexibility index (Phi) is 5.21. The first kappa shape index (κ1) is 15.4. The van der Waals surface area contributed by atoms with Crippen LogP contribution in [0.1, 0.15) is 35.9 Å². The second-order valence-electron chi connectivity index (χ2n) is 4.95. The van der Waals surface area contributed by atoms with E-state index in [2.05, 4.69) is 5.32 Å². The standard InChI is InChI=1S/C14H20N2O5/c1-2-20-14(19)16-5-3-11(4-6-16)15-8-12-7-10(9-21-12)13(17)18/h7,9,11,15H,2-6,8H2,1H3,(H,17,18). The summed E-state index contributed by atoms with van der Waals surface area (Å²) in [5, 5.41) is 12.1. The van der Waals surface area contributed by atoms with Gasteiger partial charge in [-0.25, -0.2) is 9.59 Å². The molecule has 0 aromatic carbocycles. The Hall–Kier alpha value is -2.02. The Morgan fingerprint density at radius 2 is 2.19 bits per heavy atom. The summed E-state index contributed by atoms with van der Waals surface area (Å²) in [6.45, 7) is 3.99. The number of hydrogen-bond acceptors (Lipinski definition) is 5. The number of piperidine rings is 1. The average Bonchev–Trinajstić information content (AvgIpc) is 2.95. The maximum Gasteiger partial charge on any atom is 0.409 e. The van der Waals surface area contributed by atoms with Crippen molar-refractivity contribution in [1.82, 2.24) is 10.2 Å². The van der Waals surface area contributed by atoms with Gasteiger partial charge >= 0.3 is 12.1 Å². The highest BCUT2D eigenvalue weighted by molar-refractivity contribution is 5.87. The van der Waals surface area contributed by atoms with Gasteiger partial charge in [-0.2, -0.15) is 0 Å². The number of ether oxygens (including phenoxy) is 1. The van der Waals surface area contributed by atoms with Crippen LogP contribution in [-0.2, 0) is 11.3 Å². The largest absolute Gasteiger partial charge is 0.478 e. The summed E-state index contributed by atoms with van der Waals surface area (Å²) >= 11 is 0. The molecule has 1 amide bonds. The highest BCUT2D eigenvalue weighted by Gasteiger charge is 2.23. The van der Waals surface area contributed by atoms with E-state index >= 15 is 0 Å². The van der Waals surface area contributed by atoms with Gasteiger partial charge in [-0.3, -0.25) is 0 Å². The number of hydrogen-bond donors (Lipinski definition) is 2. The molecule has 1 saturated heterocycles. The molecule has 0 bridgehead atoms. The summed E-state index contributed by atoms with van der Waals surface area (Å²) in [5.74, 6) is -0.395. The zero-order chi connectivity index (χ0) is 15.2. The number of rotatable bonds is 5. The van der Waals surface area contributed by atoms with Crippen molar-refractivity contribution in [1.29, 1.82) is 0 Å². The Labute approximate surface area is 122 Å². The zero-order valence-corrected chi connectivity index (χ0v) is 12.0. The molecule has 1 aromatic heterocycles. The number of nitrogens with one attached hydrogen (secondary N) is 1. The molecule has 1 aliphatic rings. The minimum atomic E-state index is -0.993. The van der Waals surface area contributed by atoms with Gasteiger partial charge in [-0.15, -0.1) is 0 Å². The third-order valence-corrected chi connectivity index (χ3v) is 3.49. The lowest BCUT2D eigenvalue weighted by Gasteiger charge is -2.31. The van der Waals surface area contributed by atoms with Crippen molar-refractivity contribution in [2.45, 2.75) is 32.4 Å². The quantitative estimate of drug-likeness (QED) is 0.859. The van der Waals surface area contributed by atoms with Crippen LogP contribution in [0.4, 0.5) is 4.79 Å². The van der Waals surface area contributed by atoms with Gasteiger partial charge in [0.15, 0.2) is 0 Å². The summed E-state index contributed by atoms with van der Waals surface area (Å²) in [6.07, 6.45) is 2.66. The molecule has 0 saturated carbocycles. The van der Waals surface area contributed by atoms with Crippen LogP contribution < -0.4 is 5.32 Å². The lowest BCUT2D eigenvalue weighted by atomic mass is 10.1. The van der Waals surface area contributed by atoms with Gasteiger partial charge in [0.2, 0.25) is 0 Å². The van der Waals surface area contributed by atoms with E-state index in [1.54, 1.807) is 11.8 Å². The smallest absolute Gasteiger partial charge is 0.409 e. The highest BCUT2D eigenvalue weighted by Crippen LogP contribution is 2.13. The summed E-state index contributed by atoms with van der Waals surface area (Å²) in [5.41, 5.74) is 0.156. The number of carbonyl (C=O) groups excluding carboxylic acids is 1. The molecule has 1 aromatic rings. The summed E-state index contributed by atoms with van der Waals surface area (Å²) in [4.78, 5) is 24.0. The summed E-state index contributed by atoms with van der Waals surface area (Å²) in [6, 6.07) is 1.80. The molecule has 7 heteroatoms. The second-order valence-corrected chi connectivity index (χ2v) is 4.95. The molecule has 1 fully saturated rings. The molecule has 2 rings (SSSR count). The molecule has 0 spiro atoms. The minimum absolute atomic E-state index is 0.156. The van der Waals surface area contributed by atoms with Gasteiger partial charge < -0.3 is 24.5 Å². The second kappa shape index (κ2) is 7.12. The maximum absolute atomic E-state index is 11.6. The first-order valence-corrected chi connectivity index (χ1v) is 7.06. The van der Waals surface area contributed by atoms with Gasteiger partial charge in [0.25, 0.3) is 0 Å². The van der Waals surface area contributed by atoms with E-state index in [0.29, 0.717) is 32.0 Å². The number of amides is 1. The monoisotopic (exact) mass is 296 g/mol. The van der Waals surface area contributed by atoms with Crippen molar-refractivity contribution in [3.05, 3.63) is 23.7 Å². The summed E-state index contributed by atoms with van der Waals surface area (Å²) < 4.78 is 10.1. The molecule has 0 aliphatic carbocycles. The van der Waals surface area contributed by atoms with Crippen LogP contribution >= 0.6 is 0 Å². The van der Waals surface area contributed by atoms with Crippen molar-refractivity contribution in [3.8, 4) is 0 Å². The van der Waals surface area contributed by atoms with E-state index in [-0.39, 0.29) is 17.7 Å². The Morgan fingerprint density at radius 1 is 1.48 bits per heavy atom. The number of nitrogens with zero attached hydrogens (tertiary/aromatic N) is 1. The molecular weight excluding hydrogens is 276 g/mol. The van der Waals surface area contributed by atoms with Crippen LogP contribution in [0.5, 0.6) is 0 Å². The molecule has 116 valence electrons. The van der Waals surface area contributed by atoms with Crippen LogP contribution in [0.25, 0.3) is 0 Å². The molecule has 2 heterocycles. The van der Waals surface area contributed by atoms with Gasteiger partial charge in [0, 0.05) is 19.1 Å². The number of likely N-dealkylation sites (tertiary alicyclic amines) is 1. The molecular formula is C14H20N2O5. The number of aromatic carboxylic acids is 1. The zero-order valence-electron chi connectivity index (χ0n) is 12.0. The van der Waals surface area contributed by atoms with Crippen LogP contribution in [-0.4, -0.2) is 47.8 Å². The molecule has 0 unspecified atom stereocenters. The Bertz CT molecular complexity index is 491. The average molecular weight is 296 g/mol. The molecule has 1 aliphatic heterocycles. The predicted molar refractivity (Wildman–Crippen MR) is 74.1 cm³/mol. The van der Waals surface area contributed by atoms with E-state index < -0.39 is 5.97 Å². The van der Waals surface area contributed by atoms with Crippen molar-refractivity contribution in [3.63, 3.8) is 0 Å². The fraction of sp³-hybridized carbons (Fsp3) is 0.571. The number of carboxylic acids is 1. The SMILES string of the molecule is CCOC(=O)N1CCC(NCc2cc(C(=O)O)co2)CC1. The third kappa shape index (κ3) is 4.22. The first-order chi connectivity index (χ1) is 10.1.